The molecule has 25 heavy (non-hydrogen) atoms. The Kier molecular flexibility index (Phi) is 2.71. The van der Waals surface area contributed by atoms with E-state index in [-0.39, 0.29) is 0 Å². The minimum Gasteiger partial charge on any atom is -0.312 e. The summed E-state index contributed by atoms with van der Waals surface area (Å²) in [4.78, 5) is 14.5. The van der Waals surface area contributed by atoms with Crippen molar-refractivity contribution in [2.24, 2.45) is 0 Å². The van der Waals surface area contributed by atoms with Crippen molar-refractivity contribution < 1.29 is 0 Å². The van der Waals surface area contributed by atoms with Crippen molar-refractivity contribution >= 4 is 0 Å². The summed E-state index contributed by atoms with van der Waals surface area (Å²) in [6.45, 7) is 1.97. The maximum absolute atomic E-state index is 5.18. The van der Waals surface area contributed by atoms with Crippen molar-refractivity contribution in [3.8, 4) is 22.8 Å². The van der Waals surface area contributed by atoms with Gasteiger partial charge >= 0.3 is 0 Å². The topological polar surface area (TPSA) is 50.7 Å². The molecule has 0 fully saturated rings. The number of aromatic nitrogens is 3. The normalized spacial score (nSPS) is 19.4. The molecule has 3 aliphatic rings. The molecule has 2 aliphatic carbocycles. The van der Waals surface area contributed by atoms with Crippen LogP contribution in [0, 0.1) is 0 Å². The molecular weight excluding hydrogens is 308 g/mol. The monoisotopic (exact) mass is 326 g/mol. The molecule has 3 aromatic rings. The van der Waals surface area contributed by atoms with Gasteiger partial charge in [-0.2, -0.15) is 0 Å². The summed E-state index contributed by atoms with van der Waals surface area (Å²) in [6.07, 6.45) is 6.95. The van der Waals surface area contributed by atoms with Crippen LogP contribution >= 0.6 is 0 Å². The fraction of sp³-hybridized carbons (Fsp3) is 0.286. The molecule has 3 aromatic heterocycles. The van der Waals surface area contributed by atoms with Crippen molar-refractivity contribution in [1.82, 2.24) is 20.3 Å². The van der Waals surface area contributed by atoms with Crippen molar-refractivity contribution in [2.45, 2.75) is 31.7 Å². The maximum Gasteiger partial charge on any atom is 0.0936 e. The molecule has 0 amide bonds. The van der Waals surface area contributed by atoms with Gasteiger partial charge in [0.2, 0.25) is 0 Å². The molecule has 1 aliphatic heterocycles. The van der Waals surface area contributed by atoms with Crippen LogP contribution in [0.1, 0.15) is 33.7 Å². The predicted molar refractivity (Wildman–Crippen MR) is 96.3 cm³/mol. The Balaban J connectivity index is 1.71. The van der Waals surface area contributed by atoms with Crippen LogP contribution in [-0.4, -0.2) is 21.5 Å². The molecule has 0 saturated heterocycles. The lowest BCUT2D eigenvalue weighted by Gasteiger charge is -2.35. The van der Waals surface area contributed by atoms with Gasteiger partial charge in [-0.25, -0.2) is 4.98 Å². The first-order chi connectivity index (χ1) is 12.4. The fourth-order valence-corrected chi connectivity index (χ4v) is 4.82. The van der Waals surface area contributed by atoms with E-state index in [1.54, 1.807) is 0 Å². The number of pyridine rings is 3. The molecule has 4 heteroatoms. The van der Waals surface area contributed by atoms with E-state index in [9.17, 15) is 0 Å². The number of aryl methyl sites for hydroxylation is 1. The molecule has 1 atom stereocenters. The van der Waals surface area contributed by atoms with Crippen LogP contribution in [0.5, 0.6) is 0 Å². The lowest BCUT2D eigenvalue weighted by atomic mass is 9.76. The van der Waals surface area contributed by atoms with Crippen LogP contribution in [0.25, 0.3) is 22.8 Å². The van der Waals surface area contributed by atoms with Crippen LogP contribution in [0.2, 0.25) is 0 Å². The highest BCUT2D eigenvalue weighted by atomic mass is 14.9. The largest absolute Gasteiger partial charge is 0.312 e. The maximum atomic E-state index is 5.18. The fourth-order valence-electron chi connectivity index (χ4n) is 4.82. The van der Waals surface area contributed by atoms with E-state index in [0.717, 1.165) is 55.1 Å². The van der Waals surface area contributed by atoms with Gasteiger partial charge in [0.15, 0.2) is 0 Å². The first-order valence-corrected chi connectivity index (χ1v) is 9.05. The summed E-state index contributed by atoms with van der Waals surface area (Å²) in [5, 5.41) is 3.64. The average Bonchev–Trinajstić information content (AvgIpc) is 2.68. The summed E-state index contributed by atoms with van der Waals surface area (Å²) in [5.41, 5.74) is 11.3. The standard InChI is InChI=1S/C21H18N4/c1-3-12-5-6-15-16-11-22-10-14-9-13-4-2-8-24-19(13)21(17(14)16)25-20(15)18(12)23-7-1/h1-4,7-8,14,22H,5-6,9-11H2. The minimum absolute atomic E-state index is 0.512. The second kappa shape index (κ2) is 4.96. The van der Waals surface area contributed by atoms with E-state index in [2.05, 4.69) is 22.4 Å². The third kappa shape index (κ3) is 1.83. The van der Waals surface area contributed by atoms with Gasteiger partial charge in [-0.1, -0.05) is 12.1 Å². The van der Waals surface area contributed by atoms with Crippen LogP contribution in [0.3, 0.4) is 0 Å². The molecule has 6 rings (SSSR count). The van der Waals surface area contributed by atoms with Gasteiger partial charge in [-0.3, -0.25) is 9.97 Å². The van der Waals surface area contributed by atoms with Crippen LogP contribution in [0.15, 0.2) is 36.7 Å². The Labute approximate surface area is 146 Å². The zero-order chi connectivity index (χ0) is 16.4. The number of nitrogens with one attached hydrogen (secondary N) is 1. The van der Waals surface area contributed by atoms with Gasteiger partial charge in [-0.15, -0.1) is 0 Å². The molecule has 122 valence electrons. The summed E-state index contributed by atoms with van der Waals surface area (Å²) >= 11 is 0. The lowest BCUT2D eigenvalue weighted by molar-refractivity contribution is 0.528. The molecule has 0 saturated carbocycles. The minimum atomic E-state index is 0.512. The first kappa shape index (κ1) is 13.7. The zero-order valence-corrected chi connectivity index (χ0v) is 13.9. The highest BCUT2D eigenvalue weighted by molar-refractivity contribution is 5.77. The van der Waals surface area contributed by atoms with E-state index in [4.69, 9.17) is 9.97 Å². The second-order valence-electron chi connectivity index (χ2n) is 7.23. The summed E-state index contributed by atoms with van der Waals surface area (Å²) in [5.74, 6) is 0.512. The van der Waals surface area contributed by atoms with Gasteiger partial charge in [0, 0.05) is 31.4 Å². The predicted octanol–water partition coefficient (Wildman–Crippen LogP) is 3.05. The van der Waals surface area contributed by atoms with Gasteiger partial charge in [0.05, 0.1) is 22.8 Å². The Morgan fingerprint density at radius 3 is 2.52 bits per heavy atom. The van der Waals surface area contributed by atoms with Gasteiger partial charge in [-0.05, 0) is 59.2 Å². The Bertz CT molecular complexity index is 1020. The highest BCUT2D eigenvalue weighted by Gasteiger charge is 2.35. The molecule has 0 bridgehead atoms. The Morgan fingerprint density at radius 2 is 1.64 bits per heavy atom. The average molecular weight is 326 g/mol. The van der Waals surface area contributed by atoms with E-state index >= 15 is 0 Å². The molecule has 1 N–H and O–H groups in total. The summed E-state index contributed by atoms with van der Waals surface area (Å²) in [6, 6.07) is 8.45. The third-order valence-electron chi connectivity index (χ3n) is 5.90. The molecule has 4 heterocycles. The zero-order valence-electron chi connectivity index (χ0n) is 13.9. The quantitative estimate of drug-likeness (QED) is 0.690. The van der Waals surface area contributed by atoms with Gasteiger partial charge < -0.3 is 5.32 Å². The SMILES string of the molecule is c1cnc2c(c1)CCc1c-2nc2c3c1CNCC3Cc1cccnc1-2. The van der Waals surface area contributed by atoms with Crippen molar-refractivity contribution in [1.29, 1.82) is 0 Å². The number of rotatable bonds is 0. The number of nitrogens with zero attached hydrogens (tertiary/aromatic N) is 3. The van der Waals surface area contributed by atoms with Gasteiger partial charge in [0.25, 0.3) is 0 Å². The lowest BCUT2D eigenvalue weighted by Crippen LogP contribution is -2.34. The summed E-state index contributed by atoms with van der Waals surface area (Å²) in [7, 11) is 0. The molecule has 4 nitrogen and oxygen atoms in total. The van der Waals surface area contributed by atoms with Crippen LogP contribution < -0.4 is 5.32 Å². The number of hydrogen-bond donors (Lipinski definition) is 1. The highest BCUT2D eigenvalue weighted by Crippen LogP contribution is 2.45. The first-order valence-electron chi connectivity index (χ1n) is 9.05. The Morgan fingerprint density at radius 1 is 0.840 bits per heavy atom. The van der Waals surface area contributed by atoms with Crippen LogP contribution in [0.4, 0.5) is 0 Å². The molecule has 1 unspecified atom stereocenters. The van der Waals surface area contributed by atoms with Crippen molar-refractivity contribution in [3.63, 3.8) is 0 Å². The van der Waals surface area contributed by atoms with E-state index in [0.29, 0.717) is 5.92 Å². The molecule has 0 aromatic carbocycles. The van der Waals surface area contributed by atoms with E-state index in [1.807, 2.05) is 24.5 Å². The second-order valence-corrected chi connectivity index (χ2v) is 7.23. The third-order valence-corrected chi connectivity index (χ3v) is 5.90. The smallest absolute Gasteiger partial charge is 0.0936 e. The summed E-state index contributed by atoms with van der Waals surface area (Å²) < 4.78 is 0. The number of fused-ring (bicyclic) bond motifs is 6. The van der Waals surface area contributed by atoms with Crippen molar-refractivity contribution in [2.75, 3.05) is 6.54 Å². The molecule has 0 spiro atoms. The number of hydrogen-bond acceptors (Lipinski definition) is 4. The van der Waals surface area contributed by atoms with E-state index in [1.165, 1.54) is 27.8 Å². The van der Waals surface area contributed by atoms with E-state index < -0.39 is 0 Å². The Hall–Kier alpha value is -2.59. The van der Waals surface area contributed by atoms with Crippen LogP contribution in [-0.2, 0) is 25.8 Å². The van der Waals surface area contributed by atoms with Gasteiger partial charge in [0.1, 0.15) is 0 Å². The molecular formula is C21H18N4. The molecule has 0 radical (unpaired) electrons. The van der Waals surface area contributed by atoms with Crippen molar-refractivity contribution in [3.05, 3.63) is 64.5 Å².